The summed E-state index contributed by atoms with van der Waals surface area (Å²) >= 11 is 0. The monoisotopic (exact) mass is 316 g/mol. The van der Waals surface area contributed by atoms with E-state index < -0.39 is 6.10 Å². The standard InChI is InChI=1S/C20H28O3/c1-4-5-6-7-8-9-10-15-11-12-16-17(22-2)13-14-18(23-3)19(16)20(15)21/h9-15,20-21H,4-8H2,1-3H3/b10-9+/t15-,20-/m1/s1. The topological polar surface area (TPSA) is 38.7 Å². The third-order valence-corrected chi connectivity index (χ3v) is 4.38. The third kappa shape index (κ3) is 4.17. The van der Waals surface area contributed by atoms with E-state index in [1.807, 2.05) is 24.3 Å². The molecule has 3 nitrogen and oxygen atoms in total. The molecular weight excluding hydrogens is 288 g/mol. The highest BCUT2D eigenvalue weighted by atomic mass is 16.5. The van der Waals surface area contributed by atoms with Crippen LogP contribution < -0.4 is 9.47 Å². The number of methoxy groups -OCH3 is 2. The molecule has 1 aliphatic rings. The van der Waals surface area contributed by atoms with Crippen molar-refractivity contribution in [1.82, 2.24) is 0 Å². The number of hydrogen-bond acceptors (Lipinski definition) is 3. The second kappa shape index (κ2) is 8.78. The summed E-state index contributed by atoms with van der Waals surface area (Å²) in [5, 5.41) is 10.8. The highest BCUT2D eigenvalue weighted by molar-refractivity contribution is 5.68. The molecule has 0 aliphatic heterocycles. The Morgan fingerprint density at radius 1 is 1.09 bits per heavy atom. The van der Waals surface area contributed by atoms with Gasteiger partial charge in [0.05, 0.1) is 20.3 Å². The molecule has 1 aromatic carbocycles. The molecule has 0 heterocycles. The lowest BCUT2D eigenvalue weighted by Gasteiger charge is -2.26. The first-order chi connectivity index (χ1) is 11.2. The number of allylic oxidation sites excluding steroid dienone is 1. The van der Waals surface area contributed by atoms with Gasteiger partial charge in [0.25, 0.3) is 0 Å². The van der Waals surface area contributed by atoms with E-state index in [0.29, 0.717) is 5.75 Å². The minimum absolute atomic E-state index is 0.0188. The molecule has 1 N–H and O–H groups in total. The molecule has 0 aromatic heterocycles. The van der Waals surface area contributed by atoms with Gasteiger partial charge in [-0.15, -0.1) is 0 Å². The third-order valence-electron chi connectivity index (χ3n) is 4.38. The Kier molecular flexibility index (Phi) is 6.72. The van der Waals surface area contributed by atoms with Crippen molar-refractivity contribution >= 4 is 6.08 Å². The summed E-state index contributed by atoms with van der Waals surface area (Å²) in [5.74, 6) is 1.45. The smallest absolute Gasteiger partial charge is 0.126 e. The maximum atomic E-state index is 10.8. The maximum Gasteiger partial charge on any atom is 0.126 e. The molecule has 126 valence electrons. The average molecular weight is 316 g/mol. The number of unbranched alkanes of at least 4 members (excludes halogenated alkanes) is 4. The molecule has 0 bridgehead atoms. The summed E-state index contributed by atoms with van der Waals surface area (Å²) in [5.41, 5.74) is 1.72. The van der Waals surface area contributed by atoms with Crippen LogP contribution in [0.15, 0.2) is 30.4 Å². The van der Waals surface area contributed by atoms with Crippen LogP contribution in [-0.2, 0) is 0 Å². The van der Waals surface area contributed by atoms with Crippen molar-refractivity contribution < 1.29 is 14.6 Å². The van der Waals surface area contributed by atoms with Crippen LogP contribution in [0.25, 0.3) is 6.08 Å². The minimum atomic E-state index is -0.605. The summed E-state index contributed by atoms with van der Waals surface area (Å²) in [6.07, 6.45) is 13.9. The van der Waals surface area contributed by atoms with E-state index in [2.05, 4.69) is 19.1 Å². The Morgan fingerprint density at radius 2 is 1.83 bits per heavy atom. The quantitative estimate of drug-likeness (QED) is 0.547. The first-order valence-electron chi connectivity index (χ1n) is 8.50. The van der Waals surface area contributed by atoms with Gasteiger partial charge in [-0.2, -0.15) is 0 Å². The van der Waals surface area contributed by atoms with E-state index in [0.717, 1.165) is 23.3 Å². The van der Waals surface area contributed by atoms with E-state index in [9.17, 15) is 5.11 Å². The van der Waals surface area contributed by atoms with Gasteiger partial charge in [0.2, 0.25) is 0 Å². The van der Waals surface area contributed by atoms with Gasteiger partial charge in [-0.25, -0.2) is 0 Å². The van der Waals surface area contributed by atoms with E-state index >= 15 is 0 Å². The fraction of sp³-hybridized carbons (Fsp3) is 0.500. The number of benzene rings is 1. The molecule has 1 aliphatic carbocycles. The fourth-order valence-corrected chi connectivity index (χ4v) is 3.05. The van der Waals surface area contributed by atoms with E-state index in [4.69, 9.17) is 9.47 Å². The van der Waals surface area contributed by atoms with Gasteiger partial charge in [0, 0.05) is 17.0 Å². The average Bonchev–Trinajstić information content (AvgIpc) is 2.58. The molecular formula is C20H28O3. The number of rotatable bonds is 8. The van der Waals surface area contributed by atoms with E-state index in [-0.39, 0.29) is 5.92 Å². The summed E-state index contributed by atoms with van der Waals surface area (Å²) in [6.45, 7) is 2.22. The van der Waals surface area contributed by atoms with Crippen molar-refractivity contribution in [1.29, 1.82) is 0 Å². The Hall–Kier alpha value is -1.74. The highest BCUT2D eigenvalue weighted by Crippen LogP contribution is 2.42. The zero-order valence-electron chi connectivity index (χ0n) is 14.4. The second-order valence-corrected chi connectivity index (χ2v) is 5.96. The molecule has 3 heteroatoms. The lowest BCUT2D eigenvalue weighted by atomic mass is 9.85. The van der Waals surface area contributed by atoms with Crippen molar-refractivity contribution in [3.63, 3.8) is 0 Å². The van der Waals surface area contributed by atoms with Crippen molar-refractivity contribution in [2.75, 3.05) is 14.2 Å². The highest BCUT2D eigenvalue weighted by Gasteiger charge is 2.27. The van der Waals surface area contributed by atoms with Crippen LogP contribution in [0.2, 0.25) is 0 Å². The van der Waals surface area contributed by atoms with Gasteiger partial charge < -0.3 is 14.6 Å². The number of hydrogen-bond donors (Lipinski definition) is 1. The van der Waals surface area contributed by atoms with Crippen LogP contribution in [0.4, 0.5) is 0 Å². The van der Waals surface area contributed by atoms with Crippen molar-refractivity contribution in [3.05, 3.63) is 41.5 Å². The summed E-state index contributed by atoms with van der Waals surface area (Å²) in [6, 6.07) is 3.73. The molecule has 0 fully saturated rings. The second-order valence-electron chi connectivity index (χ2n) is 5.96. The molecule has 0 radical (unpaired) electrons. The molecule has 0 saturated carbocycles. The van der Waals surface area contributed by atoms with Gasteiger partial charge in [-0.3, -0.25) is 0 Å². The molecule has 23 heavy (non-hydrogen) atoms. The molecule has 2 atom stereocenters. The Labute approximate surface area is 139 Å². The Balaban J connectivity index is 2.11. The summed E-state index contributed by atoms with van der Waals surface area (Å²) in [7, 11) is 3.27. The first-order valence-corrected chi connectivity index (χ1v) is 8.50. The van der Waals surface area contributed by atoms with Crippen LogP contribution in [0.3, 0.4) is 0 Å². The largest absolute Gasteiger partial charge is 0.496 e. The summed E-state index contributed by atoms with van der Waals surface area (Å²) < 4.78 is 10.8. The minimum Gasteiger partial charge on any atom is -0.496 e. The predicted octanol–water partition coefficient (Wildman–Crippen LogP) is 4.91. The predicted molar refractivity (Wildman–Crippen MR) is 94.9 cm³/mol. The normalized spacial score (nSPS) is 19.8. The zero-order chi connectivity index (χ0) is 16.7. The molecule has 0 spiro atoms. The number of ether oxygens (including phenoxy) is 2. The van der Waals surface area contributed by atoms with Gasteiger partial charge in [-0.1, -0.05) is 50.5 Å². The Morgan fingerprint density at radius 3 is 2.52 bits per heavy atom. The molecule has 0 unspecified atom stereocenters. The molecule has 0 amide bonds. The zero-order valence-corrected chi connectivity index (χ0v) is 14.4. The van der Waals surface area contributed by atoms with E-state index in [1.165, 1.54) is 25.7 Å². The van der Waals surface area contributed by atoms with Crippen LogP contribution >= 0.6 is 0 Å². The van der Waals surface area contributed by atoms with Crippen LogP contribution in [0, 0.1) is 5.92 Å². The maximum absolute atomic E-state index is 10.8. The van der Waals surface area contributed by atoms with Crippen molar-refractivity contribution in [2.45, 2.75) is 45.1 Å². The van der Waals surface area contributed by atoms with Gasteiger partial charge in [-0.05, 0) is 25.0 Å². The van der Waals surface area contributed by atoms with Gasteiger partial charge in [0.15, 0.2) is 0 Å². The van der Waals surface area contributed by atoms with Crippen LogP contribution in [0.1, 0.15) is 56.3 Å². The SMILES string of the molecule is CCCCCC/C=C/[C@@H]1C=Cc2c(OC)ccc(OC)c2[C@@H]1O. The first kappa shape index (κ1) is 17.6. The van der Waals surface area contributed by atoms with Gasteiger partial charge >= 0.3 is 0 Å². The Bertz CT molecular complexity index is 560. The number of fused-ring (bicyclic) bond motifs is 1. The lowest BCUT2D eigenvalue weighted by Crippen LogP contribution is -2.15. The lowest BCUT2D eigenvalue weighted by molar-refractivity contribution is 0.145. The fourth-order valence-electron chi connectivity index (χ4n) is 3.05. The van der Waals surface area contributed by atoms with Gasteiger partial charge in [0.1, 0.15) is 11.5 Å². The van der Waals surface area contributed by atoms with Crippen molar-refractivity contribution in [2.24, 2.45) is 5.92 Å². The summed E-state index contributed by atoms with van der Waals surface area (Å²) in [4.78, 5) is 0. The number of aliphatic hydroxyl groups is 1. The molecule has 2 rings (SSSR count). The molecule has 1 aromatic rings. The van der Waals surface area contributed by atoms with E-state index in [1.54, 1.807) is 14.2 Å². The van der Waals surface area contributed by atoms with Crippen molar-refractivity contribution in [3.8, 4) is 11.5 Å². The number of aliphatic hydroxyl groups excluding tert-OH is 1. The van der Waals surface area contributed by atoms with Crippen LogP contribution in [0.5, 0.6) is 11.5 Å². The van der Waals surface area contributed by atoms with Crippen LogP contribution in [-0.4, -0.2) is 19.3 Å². The molecule has 0 saturated heterocycles.